The van der Waals surface area contributed by atoms with Gasteiger partial charge in [-0.25, -0.2) is 0 Å². The van der Waals surface area contributed by atoms with Crippen molar-refractivity contribution in [3.05, 3.63) is 0 Å². The summed E-state index contributed by atoms with van der Waals surface area (Å²) in [4.78, 5) is 11.9. The van der Waals surface area contributed by atoms with Crippen LogP contribution in [-0.2, 0) is 9.53 Å². The smallest absolute Gasteiger partial charge is 0.310 e. The molecule has 3 aliphatic rings. The van der Waals surface area contributed by atoms with Crippen LogP contribution in [0.2, 0.25) is 0 Å². The highest BCUT2D eigenvalue weighted by Crippen LogP contribution is 2.68. The van der Waals surface area contributed by atoms with Gasteiger partial charge >= 0.3 is 5.97 Å². The molecule has 15 heavy (non-hydrogen) atoms. The summed E-state index contributed by atoms with van der Waals surface area (Å²) >= 11 is 0. The number of hydrogen-bond acceptors (Lipinski definition) is 2. The van der Waals surface area contributed by atoms with Crippen LogP contribution in [0.1, 0.15) is 40.0 Å². The molecule has 2 bridgehead atoms. The molecule has 0 spiro atoms. The summed E-state index contributed by atoms with van der Waals surface area (Å²) in [5.74, 6) is 2.23. The highest BCUT2D eigenvalue weighted by atomic mass is 16.6. The minimum absolute atomic E-state index is 0.112. The normalized spacial score (nSPS) is 49.8. The molecule has 1 saturated heterocycles. The topological polar surface area (TPSA) is 26.3 Å². The van der Waals surface area contributed by atoms with E-state index in [4.69, 9.17) is 4.74 Å². The maximum Gasteiger partial charge on any atom is 0.310 e. The molecule has 2 aliphatic carbocycles. The largest absolute Gasteiger partial charge is 0.462 e. The van der Waals surface area contributed by atoms with Crippen molar-refractivity contribution < 1.29 is 9.53 Å². The van der Waals surface area contributed by atoms with Crippen LogP contribution in [0.15, 0.2) is 0 Å². The molecule has 0 aromatic heterocycles. The molecule has 2 heteroatoms. The lowest BCUT2D eigenvalue weighted by atomic mass is 9.60. The molecule has 0 amide bonds. The summed E-state index contributed by atoms with van der Waals surface area (Å²) < 4.78 is 5.57. The molecule has 0 N–H and O–H groups in total. The molecule has 5 unspecified atom stereocenters. The molecule has 84 valence electrons. The first-order valence-electron chi connectivity index (χ1n) is 6.36. The molecular weight excluding hydrogens is 188 g/mol. The number of esters is 1. The molecule has 0 aromatic carbocycles. The number of hydrogen-bond donors (Lipinski definition) is 0. The van der Waals surface area contributed by atoms with Gasteiger partial charge in [0, 0.05) is 5.92 Å². The second-order valence-electron chi connectivity index (χ2n) is 5.68. The summed E-state index contributed by atoms with van der Waals surface area (Å²) in [5, 5.41) is 0. The van der Waals surface area contributed by atoms with E-state index in [2.05, 4.69) is 20.8 Å². The highest BCUT2D eigenvalue weighted by Gasteiger charge is 2.70. The maximum absolute atomic E-state index is 11.9. The van der Waals surface area contributed by atoms with Crippen molar-refractivity contribution in [1.29, 1.82) is 0 Å². The summed E-state index contributed by atoms with van der Waals surface area (Å²) in [7, 11) is 0. The Bertz CT molecular complexity index is 306. The first-order chi connectivity index (χ1) is 7.15. The molecule has 1 aliphatic heterocycles. The standard InChI is InChI=1S/C13H20O2/c1-4-13(5-2)9-6-8-10(13)12(14)15-11(8)7(9)3/h7-11H,4-6H2,1-3H3. The van der Waals surface area contributed by atoms with Crippen molar-refractivity contribution in [1.82, 2.24) is 0 Å². The zero-order valence-corrected chi connectivity index (χ0v) is 9.82. The number of fused-ring (bicyclic) bond motifs is 1. The Balaban J connectivity index is 2.08. The first kappa shape index (κ1) is 9.68. The minimum Gasteiger partial charge on any atom is -0.462 e. The van der Waals surface area contributed by atoms with Crippen molar-refractivity contribution in [2.45, 2.75) is 46.1 Å². The van der Waals surface area contributed by atoms with Crippen LogP contribution >= 0.6 is 0 Å². The van der Waals surface area contributed by atoms with Gasteiger partial charge in [-0.15, -0.1) is 0 Å². The minimum atomic E-state index is 0.112. The second kappa shape index (κ2) is 2.78. The average Bonchev–Trinajstić information content (AvgIpc) is 2.81. The van der Waals surface area contributed by atoms with Gasteiger partial charge in [-0.1, -0.05) is 20.8 Å². The fraction of sp³-hybridized carbons (Fsp3) is 0.923. The van der Waals surface area contributed by atoms with Gasteiger partial charge in [-0.3, -0.25) is 4.79 Å². The van der Waals surface area contributed by atoms with E-state index in [9.17, 15) is 4.79 Å². The summed E-state index contributed by atoms with van der Waals surface area (Å²) in [5.41, 5.74) is 0.272. The third-order valence-electron chi connectivity index (χ3n) is 5.71. The summed E-state index contributed by atoms with van der Waals surface area (Å²) in [6.45, 7) is 6.78. The predicted octanol–water partition coefficient (Wildman–Crippen LogP) is 2.62. The Labute approximate surface area is 91.4 Å². The van der Waals surface area contributed by atoms with Gasteiger partial charge in [0.1, 0.15) is 6.10 Å². The quantitative estimate of drug-likeness (QED) is 0.652. The molecule has 2 saturated carbocycles. The monoisotopic (exact) mass is 208 g/mol. The van der Waals surface area contributed by atoms with E-state index in [1.54, 1.807) is 0 Å². The number of ether oxygens (including phenoxy) is 1. The third kappa shape index (κ3) is 0.857. The number of rotatable bonds is 2. The van der Waals surface area contributed by atoms with E-state index in [1.807, 2.05) is 0 Å². The summed E-state index contributed by atoms with van der Waals surface area (Å²) in [6, 6.07) is 0. The van der Waals surface area contributed by atoms with Crippen molar-refractivity contribution in [2.24, 2.45) is 29.1 Å². The van der Waals surface area contributed by atoms with Crippen LogP contribution in [-0.4, -0.2) is 12.1 Å². The van der Waals surface area contributed by atoms with E-state index in [-0.39, 0.29) is 23.4 Å². The Kier molecular flexibility index (Phi) is 1.79. The fourth-order valence-electron chi connectivity index (χ4n) is 5.03. The van der Waals surface area contributed by atoms with Crippen molar-refractivity contribution >= 4 is 5.97 Å². The van der Waals surface area contributed by atoms with Crippen molar-refractivity contribution in [3.8, 4) is 0 Å². The van der Waals surface area contributed by atoms with E-state index in [1.165, 1.54) is 6.42 Å². The lowest BCUT2D eigenvalue weighted by Gasteiger charge is -2.41. The first-order valence-corrected chi connectivity index (χ1v) is 6.36. The average molecular weight is 208 g/mol. The van der Waals surface area contributed by atoms with Crippen LogP contribution in [0.5, 0.6) is 0 Å². The molecule has 3 rings (SSSR count). The van der Waals surface area contributed by atoms with Crippen LogP contribution < -0.4 is 0 Å². The van der Waals surface area contributed by atoms with Crippen LogP contribution in [0.25, 0.3) is 0 Å². The molecule has 0 aromatic rings. The second-order valence-corrected chi connectivity index (χ2v) is 5.68. The Morgan fingerprint density at radius 1 is 1.40 bits per heavy atom. The zero-order chi connectivity index (χ0) is 10.8. The Hall–Kier alpha value is -0.530. The number of carbonyl (C=O) groups is 1. The van der Waals surface area contributed by atoms with Crippen molar-refractivity contribution in [3.63, 3.8) is 0 Å². The molecule has 5 atom stereocenters. The Morgan fingerprint density at radius 3 is 2.67 bits per heavy atom. The molecule has 2 nitrogen and oxygen atoms in total. The van der Waals surface area contributed by atoms with Gasteiger partial charge in [0.05, 0.1) is 5.92 Å². The molecular formula is C13H20O2. The van der Waals surface area contributed by atoms with Gasteiger partial charge in [0.25, 0.3) is 0 Å². The van der Waals surface area contributed by atoms with Crippen molar-refractivity contribution in [2.75, 3.05) is 0 Å². The number of carbonyl (C=O) groups excluding carboxylic acids is 1. The van der Waals surface area contributed by atoms with Gasteiger partial charge < -0.3 is 4.74 Å². The SMILES string of the molecule is CCC1(CC)C2CC3C(OC(=O)C31)C2C. The molecule has 0 radical (unpaired) electrons. The van der Waals surface area contributed by atoms with E-state index >= 15 is 0 Å². The van der Waals surface area contributed by atoms with Gasteiger partial charge in [0.15, 0.2) is 0 Å². The van der Waals surface area contributed by atoms with E-state index in [0.29, 0.717) is 11.8 Å². The lowest BCUT2D eigenvalue weighted by Crippen LogP contribution is -2.41. The van der Waals surface area contributed by atoms with Gasteiger partial charge in [0.2, 0.25) is 0 Å². The highest BCUT2D eigenvalue weighted by molar-refractivity contribution is 5.78. The predicted molar refractivity (Wildman–Crippen MR) is 57.1 cm³/mol. The Morgan fingerprint density at radius 2 is 2.07 bits per heavy atom. The summed E-state index contributed by atoms with van der Waals surface area (Å²) in [6.07, 6.45) is 3.78. The van der Waals surface area contributed by atoms with Gasteiger partial charge in [-0.05, 0) is 36.5 Å². The maximum atomic E-state index is 11.9. The fourth-order valence-corrected chi connectivity index (χ4v) is 5.03. The van der Waals surface area contributed by atoms with E-state index < -0.39 is 0 Å². The van der Waals surface area contributed by atoms with Gasteiger partial charge in [-0.2, -0.15) is 0 Å². The molecule has 3 fully saturated rings. The zero-order valence-electron chi connectivity index (χ0n) is 9.82. The third-order valence-corrected chi connectivity index (χ3v) is 5.71. The molecule has 1 heterocycles. The van der Waals surface area contributed by atoms with Crippen LogP contribution in [0.3, 0.4) is 0 Å². The lowest BCUT2D eigenvalue weighted by molar-refractivity contribution is -0.146. The van der Waals surface area contributed by atoms with E-state index in [0.717, 1.165) is 18.8 Å². The van der Waals surface area contributed by atoms with Crippen LogP contribution in [0.4, 0.5) is 0 Å². The van der Waals surface area contributed by atoms with Crippen LogP contribution in [0, 0.1) is 29.1 Å².